The smallest absolute Gasteiger partial charge is 0.337 e. The Balaban J connectivity index is 2.07. The molecule has 0 radical (unpaired) electrons. The molecule has 1 aliphatic carbocycles. The average molecular weight is 350 g/mol. The van der Waals surface area contributed by atoms with Crippen LogP contribution in [0.4, 0.5) is 0 Å². The summed E-state index contributed by atoms with van der Waals surface area (Å²) in [5, 5.41) is 20.2. The second-order valence-electron chi connectivity index (χ2n) is 7.73. The molecule has 25 heavy (non-hydrogen) atoms. The van der Waals surface area contributed by atoms with Crippen LogP contribution in [0.2, 0.25) is 0 Å². The number of aliphatic hydroxyl groups is 1. The number of carboxylic acids is 1. The SMILES string of the molecule is CC(C)C[C@H](N)[C@](O)(Cc1cc(O[C@H](C)CC2CC2)ccn1)C(=O)O. The zero-order valence-corrected chi connectivity index (χ0v) is 15.3. The van der Waals surface area contributed by atoms with Gasteiger partial charge < -0.3 is 20.7 Å². The van der Waals surface area contributed by atoms with Crippen molar-refractivity contribution in [2.75, 3.05) is 0 Å². The molecule has 0 aromatic carbocycles. The van der Waals surface area contributed by atoms with Crippen molar-refractivity contribution in [2.45, 2.75) is 70.6 Å². The molecule has 140 valence electrons. The Morgan fingerprint density at radius 2 is 2.12 bits per heavy atom. The number of hydrogen-bond acceptors (Lipinski definition) is 5. The zero-order valence-electron chi connectivity index (χ0n) is 15.3. The lowest BCUT2D eigenvalue weighted by Crippen LogP contribution is -2.56. The first-order valence-corrected chi connectivity index (χ1v) is 9.03. The van der Waals surface area contributed by atoms with Gasteiger partial charge in [0.15, 0.2) is 5.60 Å². The molecular weight excluding hydrogens is 320 g/mol. The standard InChI is InChI=1S/C19H30N2O4/c1-12(2)8-17(20)19(24,18(22)23)11-15-10-16(6-7-21-15)25-13(3)9-14-4-5-14/h6-7,10,12-14,17,24H,4-5,8-9,11,20H2,1-3H3,(H,22,23)/t13-,17+,19-/m1/s1. The fourth-order valence-corrected chi connectivity index (χ4v) is 3.07. The van der Waals surface area contributed by atoms with E-state index in [0.29, 0.717) is 17.9 Å². The molecule has 1 heterocycles. The number of nitrogens with two attached hydrogens (primary N) is 1. The minimum atomic E-state index is -2.05. The van der Waals surface area contributed by atoms with Gasteiger partial charge in [-0.2, -0.15) is 0 Å². The molecule has 0 spiro atoms. The molecule has 0 bridgehead atoms. The Kier molecular flexibility index (Phi) is 6.41. The maximum atomic E-state index is 11.7. The molecule has 0 saturated heterocycles. The quantitative estimate of drug-likeness (QED) is 0.598. The molecule has 1 aromatic rings. The van der Waals surface area contributed by atoms with Crippen LogP contribution in [0.15, 0.2) is 18.3 Å². The fourth-order valence-electron chi connectivity index (χ4n) is 3.07. The Bertz CT molecular complexity index is 589. The molecule has 6 heteroatoms. The number of nitrogens with zero attached hydrogens (tertiary/aromatic N) is 1. The molecule has 3 atom stereocenters. The van der Waals surface area contributed by atoms with E-state index in [-0.39, 0.29) is 18.4 Å². The fraction of sp³-hybridized carbons (Fsp3) is 0.684. The summed E-state index contributed by atoms with van der Waals surface area (Å²) >= 11 is 0. The minimum absolute atomic E-state index is 0.101. The van der Waals surface area contributed by atoms with E-state index in [2.05, 4.69) is 4.98 Å². The van der Waals surface area contributed by atoms with E-state index in [1.807, 2.05) is 20.8 Å². The van der Waals surface area contributed by atoms with E-state index in [4.69, 9.17) is 10.5 Å². The van der Waals surface area contributed by atoms with Crippen LogP contribution in [0.1, 0.15) is 52.1 Å². The van der Waals surface area contributed by atoms with Gasteiger partial charge in [-0.3, -0.25) is 4.98 Å². The highest BCUT2D eigenvalue weighted by Gasteiger charge is 2.43. The summed E-state index contributed by atoms with van der Waals surface area (Å²) in [7, 11) is 0. The largest absolute Gasteiger partial charge is 0.491 e. The lowest BCUT2D eigenvalue weighted by atomic mass is 9.84. The van der Waals surface area contributed by atoms with Crippen molar-refractivity contribution in [1.29, 1.82) is 0 Å². The summed E-state index contributed by atoms with van der Waals surface area (Å²) < 4.78 is 5.91. The monoisotopic (exact) mass is 350 g/mol. The highest BCUT2D eigenvalue weighted by Crippen LogP contribution is 2.34. The van der Waals surface area contributed by atoms with Crippen molar-refractivity contribution in [2.24, 2.45) is 17.6 Å². The lowest BCUT2D eigenvalue weighted by molar-refractivity contribution is -0.161. The maximum Gasteiger partial charge on any atom is 0.337 e. The molecule has 0 amide bonds. The third-order valence-electron chi connectivity index (χ3n) is 4.65. The first kappa shape index (κ1) is 19.7. The van der Waals surface area contributed by atoms with Gasteiger partial charge in [0.05, 0.1) is 6.10 Å². The zero-order chi connectivity index (χ0) is 18.6. The van der Waals surface area contributed by atoms with Gasteiger partial charge in [-0.25, -0.2) is 4.79 Å². The maximum absolute atomic E-state index is 11.7. The van der Waals surface area contributed by atoms with E-state index in [0.717, 1.165) is 12.3 Å². The first-order valence-electron chi connectivity index (χ1n) is 9.03. The number of aliphatic carboxylic acids is 1. The Hall–Kier alpha value is -1.66. The summed E-state index contributed by atoms with van der Waals surface area (Å²) in [6, 6.07) is 2.57. The van der Waals surface area contributed by atoms with Crippen molar-refractivity contribution >= 4 is 5.97 Å². The molecule has 1 fully saturated rings. The van der Waals surface area contributed by atoms with E-state index < -0.39 is 17.6 Å². The van der Waals surface area contributed by atoms with E-state index in [1.165, 1.54) is 12.8 Å². The van der Waals surface area contributed by atoms with Gasteiger partial charge >= 0.3 is 5.97 Å². The van der Waals surface area contributed by atoms with E-state index >= 15 is 0 Å². The Morgan fingerprint density at radius 3 is 2.68 bits per heavy atom. The van der Waals surface area contributed by atoms with Crippen LogP contribution in [0.25, 0.3) is 0 Å². The van der Waals surface area contributed by atoms with Gasteiger partial charge in [0, 0.05) is 30.4 Å². The number of carbonyl (C=O) groups is 1. The third-order valence-corrected chi connectivity index (χ3v) is 4.65. The van der Waals surface area contributed by atoms with Gasteiger partial charge in [0.2, 0.25) is 0 Å². The lowest BCUT2D eigenvalue weighted by Gasteiger charge is -2.30. The second-order valence-corrected chi connectivity index (χ2v) is 7.73. The number of rotatable bonds is 10. The summed E-state index contributed by atoms with van der Waals surface area (Å²) in [6.45, 7) is 5.91. The Labute approximate surface area is 149 Å². The van der Waals surface area contributed by atoms with Crippen LogP contribution in [0, 0.1) is 11.8 Å². The summed E-state index contributed by atoms with van der Waals surface area (Å²) in [6.07, 6.45) is 5.51. The van der Waals surface area contributed by atoms with Gasteiger partial charge in [-0.15, -0.1) is 0 Å². The minimum Gasteiger partial charge on any atom is -0.491 e. The van der Waals surface area contributed by atoms with E-state index in [1.54, 1.807) is 18.3 Å². The number of pyridine rings is 1. The predicted octanol–water partition coefficient (Wildman–Crippen LogP) is 2.38. The summed E-state index contributed by atoms with van der Waals surface area (Å²) in [5.74, 6) is 0.272. The average Bonchev–Trinajstić information content (AvgIpc) is 3.30. The van der Waals surface area contributed by atoms with Crippen molar-refractivity contribution in [3.63, 3.8) is 0 Å². The first-order chi connectivity index (χ1) is 11.7. The third kappa shape index (κ3) is 5.68. The van der Waals surface area contributed by atoms with Gasteiger partial charge in [-0.1, -0.05) is 26.7 Å². The Morgan fingerprint density at radius 1 is 1.44 bits per heavy atom. The van der Waals surface area contributed by atoms with Gasteiger partial charge in [0.25, 0.3) is 0 Å². The molecule has 1 aromatic heterocycles. The van der Waals surface area contributed by atoms with Crippen molar-refractivity contribution in [1.82, 2.24) is 4.98 Å². The van der Waals surface area contributed by atoms with Crippen LogP contribution in [-0.4, -0.2) is 38.9 Å². The molecular formula is C19H30N2O4. The molecule has 4 N–H and O–H groups in total. The number of aromatic nitrogens is 1. The molecule has 0 unspecified atom stereocenters. The van der Waals surface area contributed by atoms with Crippen LogP contribution in [0.5, 0.6) is 5.75 Å². The number of hydrogen-bond donors (Lipinski definition) is 3. The second kappa shape index (κ2) is 8.15. The van der Waals surface area contributed by atoms with E-state index in [9.17, 15) is 15.0 Å². The van der Waals surface area contributed by atoms with Crippen molar-refractivity contribution < 1.29 is 19.7 Å². The number of carboxylic acid groups (broad SMARTS) is 1. The molecule has 1 aliphatic rings. The highest BCUT2D eigenvalue weighted by molar-refractivity contribution is 5.78. The number of ether oxygens (including phenoxy) is 1. The van der Waals surface area contributed by atoms with Gasteiger partial charge in [0.1, 0.15) is 5.75 Å². The summed E-state index contributed by atoms with van der Waals surface area (Å²) in [5.41, 5.74) is 4.41. The van der Waals surface area contributed by atoms with Crippen LogP contribution in [-0.2, 0) is 11.2 Å². The molecule has 1 saturated carbocycles. The molecule has 6 nitrogen and oxygen atoms in total. The van der Waals surface area contributed by atoms with Crippen LogP contribution in [0.3, 0.4) is 0 Å². The van der Waals surface area contributed by atoms with Gasteiger partial charge in [-0.05, 0) is 37.7 Å². The van der Waals surface area contributed by atoms with Crippen molar-refractivity contribution in [3.8, 4) is 5.75 Å². The molecule has 2 rings (SSSR count). The predicted molar refractivity (Wildman–Crippen MR) is 95.4 cm³/mol. The highest BCUT2D eigenvalue weighted by atomic mass is 16.5. The summed E-state index contributed by atoms with van der Waals surface area (Å²) in [4.78, 5) is 15.8. The van der Waals surface area contributed by atoms with Crippen LogP contribution < -0.4 is 10.5 Å². The van der Waals surface area contributed by atoms with Crippen molar-refractivity contribution in [3.05, 3.63) is 24.0 Å². The normalized spacial score (nSPS) is 19.3. The molecule has 0 aliphatic heterocycles. The van der Waals surface area contributed by atoms with Crippen LogP contribution >= 0.6 is 0 Å². The topological polar surface area (TPSA) is 106 Å².